The maximum absolute atomic E-state index is 14.1. The first kappa shape index (κ1) is 29.1. The zero-order valence-corrected chi connectivity index (χ0v) is 24.3. The van der Waals surface area contributed by atoms with Crippen molar-refractivity contribution in [3.63, 3.8) is 0 Å². The summed E-state index contributed by atoms with van der Waals surface area (Å²) in [7, 11) is 3.13. The fourth-order valence-electron chi connectivity index (χ4n) is 5.03. The summed E-state index contributed by atoms with van der Waals surface area (Å²) in [4.78, 5) is 29.9. The van der Waals surface area contributed by atoms with Crippen molar-refractivity contribution >= 4 is 22.8 Å². The normalized spacial score (nSPS) is 14.4. The van der Waals surface area contributed by atoms with Crippen LogP contribution in [0, 0.1) is 0 Å². The van der Waals surface area contributed by atoms with E-state index >= 15 is 0 Å². The maximum atomic E-state index is 14.1. The van der Waals surface area contributed by atoms with Crippen LogP contribution < -0.4 is 14.8 Å². The first-order valence-electron chi connectivity index (χ1n) is 14.1. The molecule has 0 saturated heterocycles. The van der Waals surface area contributed by atoms with E-state index in [0.29, 0.717) is 35.5 Å². The predicted molar refractivity (Wildman–Crippen MR) is 155 cm³/mol. The zero-order valence-electron chi connectivity index (χ0n) is 24.3. The van der Waals surface area contributed by atoms with Crippen LogP contribution >= 0.6 is 0 Å². The van der Waals surface area contributed by atoms with Crippen LogP contribution in [-0.2, 0) is 16.1 Å². The number of rotatable bonds is 12. The Balaban J connectivity index is 1.75. The van der Waals surface area contributed by atoms with Crippen LogP contribution in [0.4, 0.5) is 0 Å². The summed E-state index contributed by atoms with van der Waals surface area (Å²) >= 11 is 0. The van der Waals surface area contributed by atoms with Crippen LogP contribution in [0.5, 0.6) is 11.5 Å². The van der Waals surface area contributed by atoms with Crippen molar-refractivity contribution in [1.82, 2.24) is 25.2 Å². The van der Waals surface area contributed by atoms with Gasteiger partial charge in [0.25, 0.3) is 0 Å². The molecule has 9 nitrogen and oxygen atoms in total. The number of hydrogen-bond acceptors (Lipinski definition) is 6. The summed E-state index contributed by atoms with van der Waals surface area (Å²) in [5, 5.41) is 11.6. The van der Waals surface area contributed by atoms with Gasteiger partial charge in [0.2, 0.25) is 11.8 Å². The summed E-state index contributed by atoms with van der Waals surface area (Å²) in [6, 6.07) is 12.1. The molecule has 1 heterocycles. The van der Waals surface area contributed by atoms with Gasteiger partial charge in [0.1, 0.15) is 18.1 Å². The molecule has 2 amide bonds. The molecule has 2 aromatic carbocycles. The fourth-order valence-corrected chi connectivity index (χ4v) is 5.03. The van der Waals surface area contributed by atoms with Crippen molar-refractivity contribution in [2.24, 2.45) is 0 Å². The third kappa shape index (κ3) is 6.81. The largest absolute Gasteiger partial charge is 0.493 e. The highest BCUT2D eigenvalue weighted by molar-refractivity contribution is 5.89. The molecular weight excluding hydrogens is 506 g/mol. The summed E-state index contributed by atoms with van der Waals surface area (Å²) in [6.45, 7) is 6.36. The Morgan fingerprint density at radius 2 is 1.88 bits per heavy atom. The molecule has 1 aromatic heterocycles. The molecule has 3 aromatic rings. The van der Waals surface area contributed by atoms with Gasteiger partial charge in [-0.3, -0.25) is 9.59 Å². The summed E-state index contributed by atoms with van der Waals surface area (Å²) in [6.07, 6.45) is 8.14. The number of para-hydroxylation sites is 1. The Morgan fingerprint density at radius 3 is 2.58 bits per heavy atom. The Kier molecular flexibility index (Phi) is 9.45. The quantitative estimate of drug-likeness (QED) is 0.313. The average Bonchev–Trinajstić information content (AvgIpc) is 3.37. The number of amides is 2. The van der Waals surface area contributed by atoms with Crippen LogP contribution in [0.3, 0.4) is 0 Å². The van der Waals surface area contributed by atoms with E-state index in [9.17, 15) is 9.59 Å². The first-order valence-corrected chi connectivity index (χ1v) is 14.1. The minimum absolute atomic E-state index is 0.0339. The molecule has 4 rings (SSSR count). The van der Waals surface area contributed by atoms with E-state index in [-0.39, 0.29) is 18.4 Å². The summed E-state index contributed by atoms with van der Waals surface area (Å²) in [5.41, 5.74) is 3.01. The standard InChI is InChI=1S/C31H41N5O4/c1-6-31(2,3)32-30(38)29(23-16-17-26(39-4)27(20-23)40-5)35(19-18-22-12-8-7-9-13-22)28(37)21-36-25-15-11-10-14-24(25)33-34-36/h10-12,14-17,20,29H,6-9,13,18-19,21H2,1-5H3,(H,32,38)/t29-/m1/s1. The molecule has 214 valence electrons. The lowest BCUT2D eigenvalue weighted by Crippen LogP contribution is -2.51. The molecule has 0 radical (unpaired) electrons. The van der Waals surface area contributed by atoms with Gasteiger partial charge in [-0.1, -0.05) is 42.0 Å². The predicted octanol–water partition coefficient (Wildman–Crippen LogP) is 5.21. The van der Waals surface area contributed by atoms with Crippen LogP contribution in [0.2, 0.25) is 0 Å². The van der Waals surface area contributed by atoms with Gasteiger partial charge >= 0.3 is 0 Å². The van der Waals surface area contributed by atoms with Crippen LogP contribution in [0.25, 0.3) is 11.0 Å². The topological polar surface area (TPSA) is 98.6 Å². The molecule has 40 heavy (non-hydrogen) atoms. The van der Waals surface area contributed by atoms with Crippen molar-refractivity contribution in [3.8, 4) is 11.5 Å². The van der Waals surface area contributed by atoms with Crippen LogP contribution in [-0.4, -0.2) is 58.0 Å². The number of ether oxygens (including phenoxy) is 2. The minimum atomic E-state index is -0.878. The summed E-state index contributed by atoms with van der Waals surface area (Å²) in [5.74, 6) is 0.598. The van der Waals surface area contributed by atoms with Crippen molar-refractivity contribution in [3.05, 3.63) is 59.7 Å². The second-order valence-corrected chi connectivity index (χ2v) is 10.9. The van der Waals surface area contributed by atoms with Crippen molar-refractivity contribution in [1.29, 1.82) is 0 Å². The number of carbonyl (C=O) groups is 2. The molecule has 0 bridgehead atoms. The molecule has 0 aliphatic heterocycles. The van der Waals surface area contributed by atoms with Gasteiger partial charge in [0.15, 0.2) is 11.5 Å². The highest BCUT2D eigenvalue weighted by Gasteiger charge is 2.35. The second kappa shape index (κ2) is 13.0. The SMILES string of the molecule is CCC(C)(C)NC(=O)[C@@H](c1ccc(OC)c(OC)c1)N(CCC1=CCCCC1)C(=O)Cn1nnc2ccccc21. The van der Waals surface area contributed by atoms with E-state index in [4.69, 9.17) is 9.47 Å². The molecule has 1 aliphatic rings. The molecule has 1 N–H and O–H groups in total. The van der Waals surface area contributed by atoms with E-state index in [1.165, 1.54) is 12.0 Å². The molecule has 0 spiro atoms. The van der Waals surface area contributed by atoms with Crippen molar-refractivity contribution in [2.45, 2.75) is 77.4 Å². The zero-order chi connectivity index (χ0) is 28.7. The number of hydrogen-bond donors (Lipinski definition) is 1. The lowest BCUT2D eigenvalue weighted by Gasteiger charge is -2.35. The highest BCUT2D eigenvalue weighted by atomic mass is 16.5. The smallest absolute Gasteiger partial charge is 0.247 e. The number of carbonyl (C=O) groups excluding carboxylic acids is 2. The van der Waals surface area contributed by atoms with Gasteiger partial charge in [-0.25, -0.2) is 4.68 Å². The van der Waals surface area contributed by atoms with Crippen molar-refractivity contribution in [2.75, 3.05) is 20.8 Å². The molecule has 0 fully saturated rings. The number of benzene rings is 2. The third-order valence-electron chi connectivity index (χ3n) is 7.71. The number of nitrogens with zero attached hydrogens (tertiary/aromatic N) is 4. The van der Waals surface area contributed by atoms with Crippen LogP contribution in [0.1, 0.15) is 70.9 Å². The first-order chi connectivity index (χ1) is 19.3. The van der Waals surface area contributed by atoms with Gasteiger partial charge in [-0.15, -0.1) is 5.10 Å². The Labute approximate surface area is 236 Å². The van der Waals surface area contributed by atoms with Gasteiger partial charge < -0.3 is 19.7 Å². The lowest BCUT2D eigenvalue weighted by atomic mass is 9.95. The molecule has 9 heteroatoms. The number of methoxy groups -OCH3 is 2. The molecule has 0 unspecified atom stereocenters. The molecule has 1 aliphatic carbocycles. The number of aromatic nitrogens is 3. The van der Waals surface area contributed by atoms with E-state index in [2.05, 4.69) is 21.7 Å². The average molecular weight is 548 g/mol. The third-order valence-corrected chi connectivity index (χ3v) is 7.71. The van der Waals surface area contributed by atoms with Gasteiger partial charge in [-0.2, -0.15) is 0 Å². The minimum Gasteiger partial charge on any atom is -0.493 e. The molecule has 0 saturated carbocycles. The summed E-state index contributed by atoms with van der Waals surface area (Å²) < 4.78 is 12.6. The van der Waals surface area contributed by atoms with Gasteiger partial charge in [0, 0.05) is 12.1 Å². The van der Waals surface area contributed by atoms with E-state index < -0.39 is 11.6 Å². The van der Waals surface area contributed by atoms with Gasteiger partial charge in [-0.05, 0) is 82.2 Å². The Bertz CT molecular complexity index is 1360. The van der Waals surface area contributed by atoms with Crippen LogP contribution in [0.15, 0.2) is 54.1 Å². The number of nitrogens with one attached hydrogen (secondary N) is 1. The van der Waals surface area contributed by atoms with E-state index in [0.717, 1.165) is 31.2 Å². The molecular formula is C31H41N5O4. The number of allylic oxidation sites excluding steroid dienone is 1. The fraction of sp³-hybridized carbons (Fsp3) is 0.484. The second-order valence-electron chi connectivity index (χ2n) is 10.9. The van der Waals surface area contributed by atoms with E-state index in [1.807, 2.05) is 51.1 Å². The van der Waals surface area contributed by atoms with Crippen molar-refractivity contribution < 1.29 is 19.1 Å². The van der Waals surface area contributed by atoms with E-state index in [1.54, 1.807) is 35.9 Å². The number of fused-ring (bicyclic) bond motifs is 1. The monoisotopic (exact) mass is 547 g/mol. The highest BCUT2D eigenvalue weighted by Crippen LogP contribution is 2.33. The Hall–Kier alpha value is -3.88. The van der Waals surface area contributed by atoms with Gasteiger partial charge in [0.05, 0.1) is 19.7 Å². The molecule has 1 atom stereocenters. The Morgan fingerprint density at radius 1 is 1.10 bits per heavy atom. The maximum Gasteiger partial charge on any atom is 0.247 e. The lowest BCUT2D eigenvalue weighted by molar-refractivity contribution is -0.142.